The van der Waals surface area contributed by atoms with Gasteiger partial charge in [-0.05, 0) is 18.8 Å². The van der Waals surface area contributed by atoms with E-state index in [1.807, 2.05) is 6.92 Å². The van der Waals surface area contributed by atoms with Crippen LogP contribution < -0.4 is 0 Å². The van der Waals surface area contributed by atoms with E-state index in [0.29, 0.717) is 6.61 Å². The highest BCUT2D eigenvalue weighted by Crippen LogP contribution is 2.12. The highest BCUT2D eigenvalue weighted by molar-refractivity contribution is 6.24. The van der Waals surface area contributed by atoms with Gasteiger partial charge < -0.3 is 4.74 Å². The average Bonchev–Trinajstić information content (AvgIpc) is 2.13. The van der Waals surface area contributed by atoms with Crippen LogP contribution in [0.1, 0.15) is 41.0 Å². The van der Waals surface area contributed by atoms with E-state index in [-0.39, 0.29) is 11.3 Å². The molecule has 0 aliphatic carbocycles. The Balaban J connectivity index is 3.95. The maximum atomic E-state index is 7.47. The molecule has 1 N–H and O–H groups in total. The zero-order valence-corrected chi connectivity index (χ0v) is 10.4. The molecule has 3 nitrogen and oxygen atoms in total. The quantitative estimate of drug-likeness (QED) is 0.561. The van der Waals surface area contributed by atoms with Gasteiger partial charge in [-0.25, -0.2) is 0 Å². The largest absolute Gasteiger partial charge is 0.476 e. The van der Waals surface area contributed by atoms with Gasteiger partial charge in [-0.1, -0.05) is 33.3 Å². The van der Waals surface area contributed by atoms with Crippen molar-refractivity contribution in [3.05, 3.63) is 11.8 Å². The van der Waals surface area contributed by atoms with E-state index in [1.54, 1.807) is 6.20 Å². The van der Waals surface area contributed by atoms with Crippen LogP contribution in [-0.2, 0) is 4.74 Å². The molecule has 0 aromatic heterocycles. The molecule has 0 saturated carbocycles. The van der Waals surface area contributed by atoms with Crippen LogP contribution in [0.2, 0.25) is 0 Å². The number of hydrogen-bond donors (Lipinski definition) is 1. The third-order valence-corrected chi connectivity index (χ3v) is 1.71. The van der Waals surface area contributed by atoms with Gasteiger partial charge in [-0.15, -0.1) is 0 Å². The Morgan fingerprint density at radius 2 is 2.00 bits per heavy atom. The highest BCUT2D eigenvalue weighted by atomic mass is 16.5. The lowest BCUT2D eigenvalue weighted by Gasteiger charge is -2.17. The molecular weight excluding hydrogens is 188 g/mol. The van der Waals surface area contributed by atoms with Crippen molar-refractivity contribution in [1.29, 1.82) is 5.41 Å². The summed E-state index contributed by atoms with van der Waals surface area (Å²) in [5.41, 5.74) is 1.27. The number of hydrogen-bond acceptors (Lipinski definition) is 3. The number of nitrogens with zero attached hydrogens (tertiary/aromatic N) is 1. The normalized spacial score (nSPS) is 13.3. The maximum absolute atomic E-state index is 7.47. The molecule has 0 atom stereocenters. The van der Waals surface area contributed by atoms with Gasteiger partial charge in [-0.3, -0.25) is 10.4 Å². The Labute approximate surface area is 92.8 Å². The summed E-state index contributed by atoms with van der Waals surface area (Å²) >= 11 is 0. The number of nitrogens with one attached hydrogen (secondary N) is 1. The minimum absolute atomic E-state index is 0.0787. The van der Waals surface area contributed by atoms with Gasteiger partial charge in [0.15, 0.2) is 0 Å². The van der Waals surface area contributed by atoms with Crippen LogP contribution in [0, 0.1) is 10.8 Å². The van der Waals surface area contributed by atoms with E-state index >= 15 is 0 Å². The minimum atomic E-state index is 0.0787. The zero-order chi connectivity index (χ0) is 11.9. The molecule has 0 amide bonds. The predicted molar refractivity (Wildman–Crippen MR) is 65.7 cm³/mol. The van der Waals surface area contributed by atoms with Crippen molar-refractivity contribution in [2.75, 3.05) is 6.61 Å². The Kier molecular flexibility index (Phi) is 5.90. The number of ether oxygens (including phenoxy) is 1. The molecule has 0 unspecified atom stereocenters. The molecule has 15 heavy (non-hydrogen) atoms. The molecule has 0 saturated heterocycles. The fraction of sp³-hybridized carbons (Fsp3) is 0.667. The summed E-state index contributed by atoms with van der Waals surface area (Å²) in [5.74, 6) is 0.116. The SMILES string of the molecule is CC/C(C)=C\N=CC(=N)OCC(C)(C)C. The number of rotatable bonds is 4. The molecule has 0 spiro atoms. The standard InChI is InChI=1S/C12H22N2O/c1-6-10(2)7-14-8-11(13)15-9-12(3,4)5/h7-8,13H,6,9H2,1-5H3/b10-7-,13-11?,14-8?. The third kappa shape index (κ3) is 9.19. The van der Waals surface area contributed by atoms with Gasteiger partial charge in [0, 0.05) is 6.20 Å². The van der Waals surface area contributed by atoms with Gasteiger partial charge in [-0.2, -0.15) is 0 Å². The summed E-state index contributed by atoms with van der Waals surface area (Å²) in [6.45, 7) is 10.8. The first-order valence-corrected chi connectivity index (χ1v) is 5.25. The molecule has 0 heterocycles. The van der Waals surface area contributed by atoms with Gasteiger partial charge in [0.1, 0.15) is 0 Å². The van der Waals surface area contributed by atoms with Crippen LogP contribution in [0.25, 0.3) is 0 Å². The Hall–Kier alpha value is -1.12. The number of allylic oxidation sites excluding steroid dienone is 1. The van der Waals surface area contributed by atoms with Gasteiger partial charge in [0.25, 0.3) is 0 Å². The molecule has 0 aliphatic heterocycles. The monoisotopic (exact) mass is 210 g/mol. The summed E-state index contributed by atoms with van der Waals surface area (Å²) in [6, 6.07) is 0. The topological polar surface area (TPSA) is 45.4 Å². The van der Waals surface area contributed by atoms with Crippen molar-refractivity contribution in [3.63, 3.8) is 0 Å². The Morgan fingerprint density at radius 1 is 1.40 bits per heavy atom. The highest BCUT2D eigenvalue weighted by Gasteiger charge is 2.11. The lowest BCUT2D eigenvalue weighted by Crippen LogP contribution is -2.18. The van der Waals surface area contributed by atoms with Crippen molar-refractivity contribution in [2.24, 2.45) is 10.4 Å². The molecule has 0 aliphatic rings. The summed E-state index contributed by atoms with van der Waals surface area (Å²) in [4.78, 5) is 4.01. The van der Waals surface area contributed by atoms with E-state index in [2.05, 4.69) is 32.7 Å². The molecule has 86 valence electrons. The first-order chi connectivity index (χ1) is 6.85. The average molecular weight is 210 g/mol. The van der Waals surface area contributed by atoms with Crippen LogP contribution in [0.5, 0.6) is 0 Å². The molecule has 0 aromatic carbocycles. The molecule has 0 bridgehead atoms. The number of aliphatic imine (C=N–C) groups is 1. The van der Waals surface area contributed by atoms with Gasteiger partial charge >= 0.3 is 0 Å². The van der Waals surface area contributed by atoms with E-state index in [4.69, 9.17) is 10.1 Å². The second-order valence-corrected chi connectivity index (χ2v) is 4.82. The predicted octanol–water partition coefficient (Wildman–Crippen LogP) is 3.41. The molecule has 0 aromatic rings. The van der Waals surface area contributed by atoms with Crippen molar-refractivity contribution < 1.29 is 4.74 Å². The lowest BCUT2D eigenvalue weighted by molar-refractivity contribution is 0.190. The van der Waals surface area contributed by atoms with Crippen LogP contribution in [-0.4, -0.2) is 18.7 Å². The van der Waals surface area contributed by atoms with E-state index in [0.717, 1.165) is 6.42 Å². The van der Waals surface area contributed by atoms with E-state index in [1.165, 1.54) is 11.8 Å². The third-order valence-electron chi connectivity index (χ3n) is 1.71. The van der Waals surface area contributed by atoms with Crippen molar-refractivity contribution >= 4 is 12.1 Å². The second-order valence-electron chi connectivity index (χ2n) is 4.82. The summed E-state index contributed by atoms with van der Waals surface area (Å²) in [7, 11) is 0. The minimum Gasteiger partial charge on any atom is -0.476 e. The fourth-order valence-electron chi connectivity index (χ4n) is 0.655. The van der Waals surface area contributed by atoms with Crippen LogP contribution in [0.4, 0.5) is 0 Å². The first-order valence-electron chi connectivity index (χ1n) is 5.25. The zero-order valence-electron chi connectivity index (χ0n) is 10.4. The Bertz CT molecular complexity index is 259. The smallest absolute Gasteiger partial charge is 0.224 e. The molecule has 0 fully saturated rings. The van der Waals surface area contributed by atoms with Crippen molar-refractivity contribution in [3.8, 4) is 0 Å². The maximum Gasteiger partial charge on any atom is 0.224 e. The summed E-state index contributed by atoms with van der Waals surface area (Å²) in [6.07, 6.45) is 4.17. The summed E-state index contributed by atoms with van der Waals surface area (Å²) in [5, 5.41) is 7.47. The molecule has 0 radical (unpaired) electrons. The first kappa shape index (κ1) is 13.9. The van der Waals surface area contributed by atoms with E-state index in [9.17, 15) is 0 Å². The van der Waals surface area contributed by atoms with E-state index < -0.39 is 0 Å². The molecule has 3 heteroatoms. The van der Waals surface area contributed by atoms with Crippen LogP contribution >= 0.6 is 0 Å². The molecule has 0 rings (SSSR count). The second kappa shape index (κ2) is 6.38. The van der Waals surface area contributed by atoms with Crippen molar-refractivity contribution in [1.82, 2.24) is 0 Å². The van der Waals surface area contributed by atoms with Gasteiger partial charge in [0.05, 0.1) is 12.8 Å². The Morgan fingerprint density at radius 3 is 2.47 bits per heavy atom. The van der Waals surface area contributed by atoms with Crippen LogP contribution in [0.15, 0.2) is 16.8 Å². The van der Waals surface area contributed by atoms with Crippen LogP contribution in [0.3, 0.4) is 0 Å². The van der Waals surface area contributed by atoms with Crippen molar-refractivity contribution in [2.45, 2.75) is 41.0 Å². The lowest BCUT2D eigenvalue weighted by atomic mass is 9.99. The fourth-order valence-corrected chi connectivity index (χ4v) is 0.655. The summed E-state index contributed by atoms with van der Waals surface area (Å²) < 4.78 is 5.23. The van der Waals surface area contributed by atoms with Gasteiger partial charge in [0.2, 0.25) is 5.90 Å². The molecular formula is C12H22N2O.